The van der Waals surface area contributed by atoms with Crippen molar-refractivity contribution in [3.05, 3.63) is 65.2 Å². The number of benzene rings is 2. The molecule has 1 unspecified atom stereocenters. The number of hydrogen-bond acceptors (Lipinski definition) is 8. The number of carboxylic acids is 1. The van der Waals surface area contributed by atoms with E-state index in [1.807, 2.05) is 48.5 Å². The van der Waals surface area contributed by atoms with E-state index in [2.05, 4.69) is 31.2 Å². The molecule has 16 nitrogen and oxygen atoms in total. The van der Waals surface area contributed by atoms with Gasteiger partial charge in [0.2, 0.25) is 29.5 Å². The van der Waals surface area contributed by atoms with Gasteiger partial charge in [-0.3, -0.25) is 29.0 Å². The molecule has 9 N–H and O–H groups in total. The summed E-state index contributed by atoms with van der Waals surface area (Å²) in [5.41, 5.74) is 14.5. The van der Waals surface area contributed by atoms with E-state index in [1.165, 1.54) is 11.8 Å². The second kappa shape index (κ2) is 20.8. The summed E-state index contributed by atoms with van der Waals surface area (Å²) in [4.78, 5) is 89.7. The van der Waals surface area contributed by atoms with Gasteiger partial charge in [-0.1, -0.05) is 75.6 Å². The molecule has 3 aliphatic rings. The highest BCUT2D eigenvalue weighted by molar-refractivity contribution is 5.96. The van der Waals surface area contributed by atoms with Gasteiger partial charge in [0.25, 0.3) is 0 Å². The van der Waals surface area contributed by atoms with Crippen LogP contribution in [0.25, 0.3) is 0 Å². The van der Waals surface area contributed by atoms with Gasteiger partial charge in [-0.05, 0) is 66.7 Å². The minimum absolute atomic E-state index is 0.0401. The Labute approximate surface area is 346 Å². The molecule has 2 aromatic rings. The Hall–Kier alpha value is -5.67. The quantitative estimate of drug-likeness (QED) is 0.0653. The first-order chi connectivity index (χ1) is 28.2. The van der Waals surface area contributed by atoms with E-state index >= 15 is 0 Å². The maximum atomic E-state index is 14.9. The minimum Gasteiger partial charge on any atom is -0.480 e. The van der Waals surface area contributed by atoms with Crippen molar-refractivity contribution in [1.29, 1.82) is 0 Å². The summed E-state index contributed by atoms with van der Waals surface area (Å²) in [6.45, 7) is 6.88. The predicted molar refractivity (Wildman–Crippen MR) is 224 cm³/mol. The molecule has 0 bridgehead atoms. The van der Waals surface area contributed by atoms with Gasteiger partial charge in [0.15, 0.2) is 5.96 Å². The molecule has 0 spiro atoms. The average molecular weight is 816 g/mol. The molecule has 2 aromatic carbocycles. The number of carboxylic acid groups (broad SMARTS) is 1. The van der Waals surface area contributed by atoms with Crippen LogP contribution in [0, 0.1) is 11.8 Å². The number of fused-ring (bicyclic) bond motifs is 1. The van der Waals surface area contributed by atoms with Gasteiger partial charge in [-0.25, -0.2) is 4.79 Å². The minimum atomic E-state index is -1.28. The molecular weight excluding hydrogens is 755 g/mol. The van der Waals surface area contributed by atoms with Crippen LogP contribution in [0.1, 0.15) is 88.8 Å². The van der Waals surface area contributed by atoms with Gasteiger partial charge in [0, 0.05) is 51.6 Å². The molecule has 1 aliphatic carbocycles. The molecule has 0 radical (unpaired) electrons. The Morgan fingerprint density at radius 3 is 2.14 bits per heavy atom. The largest absolute Gasteiger partial charge is 0.480 e. The molecule has 1 saturated carbocycles. The summed E-state index contributed by atoms with van der Waals surface area (Å²) in [6, 6.07) is 9.60. The van der Waals surface area contributed by atoms with Gasteiger partial charge in [-0.2, -0.15) is 0 Å². The summed E-state index contributed by atoms with van der Waals surface area (Å²) in [5, 5.41) is 21.7. The second-order valence-electron chi connectivity index (χ2n) is 16.3. The summed E-state index contributed by atoms with van der Waals surface area (Å²) in [6.07, 6.45) is 5.73. The Balaban J connectivity index is 1.43. The number of aliphatic imine (C=N–C) groups is 1. The zero-order valence-electron chi connectivity index (χ0n) is 34.5. The lowest BCUT2D eigenvalue weighted by Crippen LogP contribution is -2.62. The Morgan fingerprint density at radius 1 is 0.831 bits per heavy atom. The van der Waals surface area contributed by atoms with E-state index in [9.17, 15) is 33.9 Å². The Bertz CT molecular complexity index is 1860. The van der Waals surface area contributed by atoms with Crippen LogP contribution < -0.4 is 37.6 Å². The van der Waals surface area contributed by atoms with Crippen molar-refractivity contribution in [2.75, 3.05) is 24.5 Å². The van der Waals surface area contributed by atoms with Crippen molar-refractivity contribution in [2.45, 2.75) is 122 Å². The molecule has 16 heteroatoms. The lowest BCUT2D eigenvalue weighted by molar-refractivity contribution is -0.147. The van der Waals surface area contributed by atoms with E-state index in [-0.39, 0.29) is 56.1 Å². The molecule has 2 fully saturated rings. The first-order valence-electron chi connectivity index (χ1n) is 20.9. The molecular formula is C43H61N9O7. The van der Waals surface area contributed by atoms with Gasteiger partial charge in [-0.15, -0.1) is 0 Å². The van der Waals surface area contributed by atoms with E-state index in [1.54, 1.807) is 13.8 Å². The summed E-state index contributed by atoms with van der Waals surface area (Å²) >= 11 is 0. The molecule has 0 aromatic heterocycles. The molecule has 5 atom stereocenters. The summed E-state index contributed by atoms with van der Waals surface area (Å²) in [5.74, 6) is -4.41. The molecule has 1 saturated heterocycles. The third-order valence-electron chi connectivity index (χ3n) is 11.6. The third kappa shape index (κ3) is 11.9. The monoisotopic (exact) mass is 815 g/mol. The fourth-order valence-corrected chi connectivity index (χ4v) is 8.31. The lowest BCUT2D eigenvalue weighted by atomic mass is 9.83. The van der Waals surface area contributed by atoms with Crippen LogP contribution in [-0.2, 0) is 48.2 Å². The number of anilines is 1. The normalized spacial score (nSPS) is 18.5. The van der Waals surface area contributed by atoms with Gasteiger partial charge >= 0.3 is 5.97 Å². The SMILES string of the molecule is CC(=O)N[C@H](C(=O)NC(C(=O)N[C@@H](CCCN=C(N)N)C(=O)N1Cc2ccccc2C[C@H]1C(=O)N[C@@H](Cc1ccccc1N1CCC1)C(=O)O)C1CCCCC1)C(C)C. The van der Waals surface area contributed by atoms with Crippen LogP contribution in [0.15, 0.2) is 53.5 Å². The molecule has 320 valence electrons. The van der Waals surface area contributed by atoms with Crippen molar-refractivity contribution in [1.82, 2.24) is 26.2 Å². The molecule has 5 amide bonds. The number of para-hydroxylation sites is 1. The molecule has 59 heavy (non-hydrogen) atoms. The zero-order chi connectivity index (χ0) is 42.6. The van der Waals surface area contributed by atoms with Crippen molar-refractivity contribution in [3.63, 3.8) is 0 Å². The third-order valence-corrected chi connectivity index (χ3v) is 11.6. The van der Waals surface area contributed by atoms with Crippen LogP contribution in [0.4, 0.5) is 5.69 Å². The number of carbonyl (C=O) groups is 6. The number of nitrogens with zero attached hydrogens (tertiary/aromatic N) is 3. The average Bonchev–Trinajstić information content (AvgIpc) is 3.18. The van der Waals surface area contributed by atoms with Gasteiger partial charge in [0.05, 0.1) is 0 Å². The fraction of sp³-hybridized carbons (Fsp3) is 0.558. The van der Waals surface area contributed by atoms with E-state index in [0.717, 1.165) is 61.2 Å². The predicted octanol–water partition coefficient (Wildman–Crippen LogP) is 1.73. The van der Waals surface area contributed by atoms with Crippen molar-refractivity contribution < 1.29 is 33.9 Å². The fourth-order valence-electron chi connectivity index (χ4n) is 8.31. The number of aliphatic carboxylic acids is 1. The first-order valence-corrected chi connectivity index (χ1v) is 20.9. The highest BCUT2D eigenvalue weighted by Crippen LogP contribution is 2.29. The van der Waals surface area contributed by atoms with Crippen molar-refractivity contribution in [3.8, 4) is 0 Å². The molecule has 5 rings (SSSR count). The molecule has 2 aliphatic heterocycles. The van der Waals surface area contributed by atoms with Crippen LogP contribution in [0.3, 0.4) is 0 Å². The number of nitrogens with one attached hydrogen (secondary N) is 4. The second-order valence-corrected chi connectivity index (χ2v) is 16.3. The number of carbonyl (C=O) groups excluding carboxylic acids is 5. The van der Waals surface area contributed by atoms with Crippen LogP contribution >= 0.6 is 0 Å². The topological polar surface area (TPSA) is 242 Å². The summed E-state index contributed by atoms with van der Waals surface area (Å²) in [7, 11) is 0. The number of rotatable bonds is 18. The maximum absolute atomic E-state index is 14.9. The van der Waals surface area contributed by atoms with Crippen molar-refractivity contribution in [2.24, 2.45) is 28.3 Å². The number of amides is 5. The van der Waals surface area contributed by atoms with Crippen LogP contribution in [0.5, 0.6) is 0 Å². The molecule has 2 heterocycles. The maximum Gasteiger partial charge on any atom is 0.326 e. The van der Waals surface area contributed by atoms with Crippen LogP contribution in [0.2, 0.25) is 0 Å². The van der Waals surface area contributed by atoms with Crippen LogP contribution in [-0.4, -0.2) is 101 Å². The zero-order valence-corrected chi connectivity index (χ0v) is 34.5. The Kier molecular flexibility index (Phi) is 15.7. The summed E-state index contributed by atoms with van der Waals surface area (Å²) < 4.78 is 0. The highest BCUT2D eigenvalue weighted by Gasteiger charge is 2.41. The van der Waals surface area contributed by atoms with E-state index in [0.29, 0.717) is 19.3 Å². The Morgan fingerprint density at radius 2 is 1.51 bits per heavy atom. The lowest BCUT2D eigenvalue weighted by Gasteiger charge is -2.39. The van der Waals surface area contributed by atoms with Gasteiger partial charge < -0.3 is 47.6 Å². The standard InChI is InChI=1S/C43H61N9O7/c1-26(2)36(47-27(3)53)39(55)50-37(28-13-5-4-6-14-28)40(56)48-32(18-11-20-46-43(44)45)41(57)52-25-31-17-8-7-15-29(31)24-35(52)38(54)49-33(42(58)59)23-30-16-9-10-19-34(30)51-21-12-22-51/h7-10,15-17,19,26,28,32-33,35-37H,4-6,11-14,18,20-25H2,1-3H3,(H,47,53)(H,48,56)(H,49,54)(H,50,55)(H,58,59)(H4,44,45,46)/t32-,33-,35-,36-,37?/m0/s1. The number of guanidine groups is 1. The smallest absolute Gasteiger partial charge is 0.326 e. The first kappa shape index (κ1) is 44.4. The van der Waals surface area contributed by atoms with E-state index in [4.69, 9.17) is 11.5 Å². The number of nitrogens with two attached hydrogens (primary N) is 2. The van der Waals surface area contributed by atoms with Crippen molar-refractivity contribution >= 4 is 47.2 Å². The van der Waals surface area contributed by atoms with E-state index < -0.39 is 59.8 Å². The van der Waals surface area contributed by atoms with Gasteiger partial charge in [0.1, 0.15) is 30.2 Å². The highest BCUT2D eigenvalue weighted by atomic mass is 16.4. The number of hydrogen-bond donors (Lipinski definition) is 7.